The fourth-order valence-corrected chi connectivity index (χ4v) is 6.33. The molecule has 40 heavy (non-hydrogen) atoms. The van der Waals surface area contributed by atoms with Crippen molar-refractivity contribution in [3.8, 4) is 5.75 Å². The van der Waals surface area contributed by atoms with Gasteiger partial charge in [0.05, 0.1) is 36.8 Å². The number of aliphatic hydroxyl groups is 1. The van der Waals surface area contributed by atoms with Crippen molar-refractivity contribution < 1.29 is 27.9 Å². The van der Waals surface area contributed by atoms with Gasteiger partial charge in [0.2, 0.25) is 0 Å². The van der Waals surface area contributed by atoms with Crippen LogP contribution < -0.4 is 15.4 Å². The highest BCUT2D eigenvalue weighted by atomic mass is 32.2. The zero-order valence-electron chi connectivity index (χ0n) is 23.5. The average molecular weight is 577 g/mol. The third kappa shape index (κ3) is 6.58. The summed E-state index contributed by atoms with van der Waals surface area (Å²) >= 11 is 0. The van der Waals surface area contributed by atoms with E-state index in [4.69, 9.17) is 4.74 Å². The molecule has 2 aromatic rings. The van der Waals surface area contributed by atoms with E-state index in [1.807, 2.05) is 6.92 Å². The number of amides is 3. The summed E-state index contributed by atoms with van der Waals surface area (Å²) in [5.41, 5.74) is 0.535. The molecule has 1 saturated carbocycles. The molecule has 1 aliphatic heterocycles. The van der Waals surface area contributed by atoms with E-state index in [1.165, 1.54) is 23.9 Å². The highest BCUT2D eigenvalue weighted by Gasteiger charge is 2.36. The SMILES string of the molecule is C[C@H]1CN([C@@H](C)CO)C(=O)c2cccc(NC(=O)NC3CCCCC3)c2O[C@H]1CN(C)S(=O)(=O)c1cn(C)cn1. The van der Waals surface area contributed by atoms with Crippen LogP contribution in [0.5, 0.6) is 5.75 Å². The first-order chi connectivity index (χ1) is 19.0. The zero-order chi connectivity index (χ0) is 29.0. The van der Waals surface area contributed by atoms with Gasteiger partial charge in [-0.3, -0.25) is 4.79 Å². The minimum absolute atomic E-state index is 0.0301. The Balaban J connectivity index is 1.65. The van der Waals surface area contributed by atoms with Crippen LogP contribution in [0.25, 0.3) is 0 Å². The molecule has 1 aromatic carbocycles. The number of nitrogens with one attached hydrogen (secondary N) is 2. The summed E-state index contributed by atoms with van der Waals surface area (Å²) in [5.74, 6) is -0.495. The zero-order valence-corrected chi connectivity index (χ0v) is 24.4. The summed E-state index contributed by atoms with van der Waals surface area (Å²) in [5, 5.41) is 15.7. The molecule has 0 unspecified atom stereocenters. The van der Waals surface area contributed by atoms with Crippen molar-refractivity contribution >= 4 is 27.6 Å². The van der Waals surface area contributed by atoms with Gasteiger partial charge in [-0.2, -0.15) is 4.31 Å². The van der Waals surface area contributed by atoms with Crippen LogP contribution >= 0.6 is 0 Å². The lowest BCUT2D eigenvalue weighted by Gasteiger charge is -2.38. The maximum absolute atomic E-state index is 13.7. The molecule has 0 bridgehead atoms. The summed E-state index contributed by atoms with van der Waals surface area (Å²) in [4.78, 5) is 32.2. The topological polar surface area (TPSA) is 146 Å². The van der Waals surface area contributed by atoms with Crippen LogP contribution in [-0.4, -0.2) is 89.2 Å². The van der Waals surface area contributed by atoms with Crippen LogP contribution in [0.1, 0.15) is 56.3 Å². The first kappa shape index (κ1) is 29.8. The number of sulfonamides is 1. The van der Waals surface area contributed by atoms with Crippen LogP contribution in [0.4, 0.5) is 10.5 Å². The van der Waals surface area contributed by atoms with Gasteiger partial charge >= 0.3 is 6.03 Å². The molecule has 3 atom stereocenters. The Kier molecular flexibility index (Phi) is 9.37. The van der Waals surface area contributed by atoms with E-state index in [2.05, 4.69) is 15.6 Å². The highest BCUT2D eigenvalue weighted by molar-refractivity contribution is 7.89. The maximum atomic E-state index is 13.7. The van der Waals surface area contributed by atoms with E-state index >= 15 is 0 Å². The molecule has 220 valence electrons. The standard InChI is InChI=1S/C27H40N6O6S/c1-18-13-33(19(2)16-34)26(35)21-11-8-12-22(30-27(36)29-20-9-6-5-7-10-20)25(21)39-23(18)14-32(4)40(37,38)24-15-31(3)17-28-24/h8,11-12,15,17-20,23,34H,5-7,9-10,13-14,16H2,1-4H3,(H2,29,30,36)/t18-,19-,23-/m0/s1. The molecule has 4 rings (SSSR count). The third-order valence-corrected chi connectivity index (χ3v) is 9.38. The molecule has 0 spiro atoms. The van der Waals surface area contributed by atoms with Gasteiger partial charge in [0, 0.05) is 38.8 Å². The number of aryl methyl sites for hydroxylation is 1. The van der Waals surface area contributed by atoms with Crippen molar-refractivity contribution in [1.29, 1.82) is 0 Å². The van der Waals surface area contributed by atoms with Gasteiger partial charge in [-0.05, 0) is 31.9 Å². The minimum atomic E-state index is -3.91. The normalized spacial score (nSPS) is 21.2. The number of aromatic nitrogens is 2. The number of hydrogen-bond donors (Lipinski definition) is 3. The van der Waals surface area contributed by atoms with E-state index in [9.17, 15) is 23.1 Å². The van der Waals surface area contributed by atoms with Crippen molar-refractivity contribution in [3.63, 3.8) is 0 Å². The summed E-state index contributed by atoms with van der Waals surface area (Å²) < 4.78 is 35.6. The maximum Gasteiger partial charge on any atom is 0.319 e. The minimum Gasteiger partial charge on any atom is -0.486 e. The predicted octanol–water partition coefficient (Wildman–Crippen LogP) is 2.42. The highest BCUT2D eigenvalue weighted by Crippen LogP contribution is 2.35. The number of imidazole rings is 1. The summed E-state index contributed by atoms with van der Waals surface area (Å²) in [7, 11) is -0.760. The summed E-state index contributed by atoms with van der Waals surface area (Å²) in [6, 6.07) is 4.14. The number of anilines is 1. The fourth-order valence-electron chi connectivity index (χ4n) is 5.18. The second-order valence-corrected chi connectivity index (χ2v) is 12.9. The molecule has 2 aliphatic rings. The van der Waals surface area contributed by atoms with E-state index in [0.29, 0.717) is 5.69 Å². The predicted molar refractivity (Wildman–Crippen MR) is 150 cm³/mol. The van der Waals surface area contributed by atoms with E-state index in [-0.39, 0.29) is 53.9 Å². The Bertz CT molecular complexity index is 1310. The first-order valence-corrected chi connectivity index (χ1v) is 15.2. The molecule has 13 heteroatoms. The number of ether oxygens (including phenoxy) is 1. The van der Waals surface area contributed by atoms with Crippen LogP contribution in [0, 0.1) is 5.92 Å². The lowest BCUT2D eigenvalue weighted by Crippen LogP contribution is -2.50. The van der Waals surface area contributed by atoms with Crippen molar-refractivity contribution in [2.24, 2.45) is 13.0 Å². The van der Waals surface area contributed by atoms with Gasteiger partial charge in [0.15, 0.2) is 10.8 Å². The molecule has 0 saturated heterocycles. The quantitative estimate of drug-likeness (QED) is 0.437. The summed E-state index contributed by atoms with van der Waals surface area (Å²) in [6.45, 7) is 3.58. The van der Waals surface area contributed by atoms with Gasteiger partial charge in [0.25, 0.3) is 15.9 Å². The van der Waals surface area contributed by atoms with Crippen LogP contribution in [-0.2, 0) is 17.1 Å². The largest absolute Gasteiger partial charge is 0.486 e. The van der Waals surface area contributed by atoms with E-state index < -0.39 is 28.2 Å². The molecule has 1 aliphatic carbocycles. The second kappa shape index (κ2) is 12.6. The Morgan fingerprint density at radius 2 is 2.00 bits per heavy atom. The van der Waals surface area contributed by atoms with Gasteiger partial charge in [0.1, 0.15) is 6.10 Å². The van der Waals surface area contributed by atoms with Gasteiger partial charge < -0.3 is 29.9 Å². The molecule has 3 N–H and O–H groups in total. The monoisotopic (exact) mass is 576 g/mol. The molecular weight excluding hydrogens is 536 g/mol. The lowest BCUT2D eigenvalue weighted by molar-refractivity contribution is 0.0389. The second-order valence-electron chi connectivity index (χ2n) is 10.9. The molecule has 3 amide bonds. The van der Waals surface area contributed by atoms with Crippen molar-refractivity contribution in [2.75, 3.05) is 32.1 Å². The number of nitrogens with zero attached hydrogens (tertiary/aromatic N) is 4. The van der Waals surface area contributed by atoms with E-state index in [0.717, 1.165) is 32.1 Å². The fraction of sp³-hybridized carbons (Fsp3) is 0.593. The van der Waals surface area contributed by atoms with Gasteiger partial charge in [-0.15, -0.1) is 0 Å². The average Bonchev–Trinajstić information content (AvgIpc) is 3.38. The van der Waals surface area contributed by atoms with Crippen LogP contribution in [0.2, 0.25) is 0 Å². The third-order valence-electron chi connectivity index (χ3n) is 7.67. The van der Waals surface area contributed by atoms with Crippen LogP contribution in [0.3, 0.4) is 0 Å². The van der Waals surface area contributed by atoms with Gasteiger partial charge in [-0.25, -0.2) is 18.2 Å². The number of benzene rings is 1. The number of hydrogen-bond acceptors (Lipinski definition) is 7. The number of rotatable bonds is 8. The number of likely N-dealkylation sites (N-methyl/N-ethyl adjacent to an activating group) is 1. The smallest absolute Gasteiger partial charge is 0.319 e. The molecule has 2 heterocycles. The van der Waals surface area contributed by atoms with Crippen LogP contribution in [0.15, 0.2) is 35.7 Å². The number of urea groups is 1. The lowest BCUT2D eigenvalue weighted by atomic mass is 9.96. The Labute approximate surface area is 235 Å². The Hall–Kier alpha value is -3.16. The van der Waals surface area contributed by atoms with Gasteiger partial charge in [-0.1, -0.05) is 32.3 Å². The number of fused-ring (bicyclic) bond motifs is 1. The number of carbonyl (C=O) groups is 2. The van der Waals surface area contributed by atoms with Crippen molar-refractivity contribution in [3.05, 3.63) is 36.3 Å². The molecule has 1 fully saturated rings. The van der Waals surface area contributed by atoms with E-state index in [1.54, 1.807) is 41.6 Å². The number of para-hydroxylation sites is 1. The molecule has 1 aromatic heterocycles. The molecule has 12 nitrogen and oxygen atoms in total. The Morgan fingerprint density at radius 1 is 1.27 bits per heavy atom. The first-order valence-electron chi connectivity index (χ1n) is 13.7. The molecule has 0 radical (unpaired) electrons. The van der Waals surface area contributed by atoms with Crippen molar-refractivity contribution in [2.45, 2.75) is 69.2 Å². The van der Waals surface area contributed by atoms with Crippen molar-refractivity contribution in [1.82, 2.24) is 24.1 Å². The Morgan fingerprint density at radius 3 is 2.65 bits per heavy atom. The molecular formula is C27H40N6O6S. The number of carbonyl (C=O) groups excluding carboxylic acids is 2. The summed E-state index contributed by atoms with van der Waals surface area (Å²) in [6.07, 6.45) is 7.29. The number of aliphatic hydroxyl groups excluding tert-OH is 1.